The summed E-state index contributed by atoms with van der Waals surface area (Å²) in [5.41, 5.74) is 1.20. The van der Waals surface area contributed by atoms with Crippen molar-refractivity contribution in [2.75, 3.05) is 0 Å². The van der Waals surface area contributed by atoms with E-state index in [2.05, 4.69) is 29.1 Å². The molecular formula is C14H25N3. The smallest absolute Gasteiger partial charge is 0.103 e. The van der Waals surface area contributed by atoms with Crippen molar-refractivity contribution in [1.29, 1.82) is 0 Å². The molecule has 0 radical (unpaired) electrons. The lowest BCUT2D eigenvalue weighted by Gasteiger charge is -2.35. The predicted octanol–water partition coefficient (Wildman–Crippen LogP) is 3.02. The van der Waals surface area contributed by atoms with Crippen LogP contribution in [0.3, 0.4) is 0 Å². The average Bonchev–Trinajstić information content (AvgIpc) is 2.73. The van der Waals surface area contributed by atoms with Crippen LogP contribution in [0.5, 0.6) is 0 Å². The molecule has 1 saturated carbocycles. The van der Waals surface area contributed by atoms with E-state index in [-0.39, 0.29) is 0 Å². The normalized spacial score (nSPS) is 25.4. The number of hydrogen-bond donors (Lipinski definition) is 2. The number of hydrogen-bond acceptors (Lipinski definition) is 2. The second-order valence-electron chi connectivity index (χ2n) is 5.67. The lowest BCUT2D eigenvalue weighted by molar-refractivity contribution is 0.204. The number of imidazole rings is 1. The van der Waals surface area contributed by atoms with E-state index in [9.17, 15) is 0 Å². The van der Waals surface area contributed by atoms with Crippen molar-refractivity contribution in [2.24, 2.45) is 11.8 Å². The molecule has 2 N–H and O–H groups in total. The van der Waals surface area contributed by atoms with Crippen LogP contribution in [0.1, 0.15) is 51.0 Å². The van der Waals surface area contributed by atoms with Gasteiger partial charge in [-0.05, 0) is 31.6 Å². The Hall–Kier alpha value is -0.830. The number of H-pyrrole nitrogens is 1. The summed E-state index contributed by atoms with van der Waals surface area (Å²) < 4.78 is 0. The minimum atomic E-state index is 0.687. The second-order valence-corrected chi connectivity index (χ2v) is 5.67. The van der Waals surface area contributed by atoms with Gasteiger partial charge in [0, 0.05) is 24.5 Å². The topological polar surface area (TPSA) is 40.7 Å². The van der Waals surface area contributed by atoms with E-state index in [1.54, 1.807) is 0 Å². The Morgan fingerprint density at radius 3 is 2.82 bits per heavy atom. The third-order valence-electron chi connectivity index (χ3n) is 3.99. The molecule has 1 aliphatic carbocycles. The molecule has 17 heavy (non-hydrogen) atoms. The number of aryl methyl sites for hydroxylation is 1. The molecule has 0 aromatic carbocycles. The van der Waals surface area contributed by atoms with E-state index >= 15 is 0 Å². The molecule has 3 heteroatoms. The van der Waals surface area contributed by atoms with Crippen LogP contribution < -0.4 is 5.32 Å². The number of rotatable bonds is 4. The summed E-state index contributed by atoms with van der Waals surface area (Å²) in [6.45, 7) is 7.63. The molecule has 0 amide bonds. The molecule has 0 aliphatic heterocycles. The van der Waals surface area contributed by atoms with Gasteiger partial charge in [-0.25, -0.2) is 4.98 Å². The van der Waals surface area contributed by atoms with Gasteiger partial charge in [-0.15, -0.1) is 0 Å². The summed E-state index contributed by atoms with van der Waals surface area (Å²) in [4.78, 5) is 7.53. The molecular weight excluding hydrogens is 210 g/mol. The first kappa shape index (κ1) is 12.6. The van der Waals surface area contributed by atoms with Gasteiger partial charge in [0.15, 0.2) is 0 Å². The van der Waals surface area contributed by atoms with Gasteiger partial charge in [0.25, 0.3) is 0 Å². The number of nitrogens with zero attached hydrogens (tertiary/aromatic N) is 1. The zero-order valence-corrected chi connectivity index (χ0v) is 11.3. The van der Waals surface area contributed by atoms with Crippen molar-refractivity contribution in [3.63, 3.8) is 0 Å². The fraction of sp³-hybridized carbons (Fsp3) is 0.786. The summed E-state index contributed by atoms with van der Waals surface area (Å²) >= 11 is 0. The Labute approximate surface area is 104 Å². The third-order valence-corrected chi connectivity index (χ3v) is 3.99. The first-order valence-electron chi connectivity index (χ1n) is 6.90. The monoisotopic (exact) mass is 235 g/mol. The fourth-order valence-electron chi connectivity index (χ4n) is 3.01. The molecule has 2 rings (SSSR count). The molecule has 96 valence electrons. The second kappa shape index (κ2) is 5.67. The minimum absolute atomic E-state index is 0.687. The van der Waals surface area contributed by atoms with Crippen molar-refractivity contribution in [1.82, 2.24) is 15.3 Å². The molecule has 1 aliphatic rings. The van der Waals surface area contributed by atoms with Gasteiger partial charge in [-0.3, -0.25) is 0 Å². The van der Waals surface area contributed by atoms with E-state index in [4.69, 9.17) is 0 Å². The summed E-state index contributed by atoms with van der Waals surface area (Å²) in [7, 11) is 0. The highest BCUT2D eigenvalue weighted by atomic mass is 15.0. The zero-order valence-electron chi connectivity index (χ0n) is 11.3. The van der Waals surface area contributed by atoms with E-state index in [0.29, 0.717) is 6.04 Å². The summed E-state index contributed by atoms with van der Waals surface area (Å²) in [5, 5.41) is 3.71. The van der Waals surface area contributed by atoms with Gasteiger partial charge in [-0.2, -0.15) is 0 Å². The molecule has 1 heterocycles. The van der Waals surface area contributed by atoms with Crippen LogP contribution in [0.25, 0.3) is 0 Å². The van der Waals surface area contributed by atoms with Crippen LogP contribution in [0.4, 0.5) is 0 Å². The van der Waals surface area contributed by atoms with Crippen LogP contribution in [-0.4, -0.2) is 16.0 Å². The van der Waals surface area contributed by atoms with Crippen molar-refractivity contribution < 1.29 is 0 Å². The highest BCUT2D eigenvalue weighted by Crippen LogP contribution is 2.30. The Morgan fingerprint density at radius 1 is 1.41 bits per heavy atom. The molecule has 3 nitrogen and oxygen atoms in total. The first-order valence-corrected chi connectivity index (χ1v) is 6.90. The van der Waals surface area contributed by atoms with E-state index < -0.39 is 0 Å². The predicted molar refractivity (Wildman–Crippen MR) is 70.7 cm³/mol. The van der Waals surface area contributed by atoms with Gasteiger partial charge >= 0.3 is 0 Å². The molecule has 2 unspecified atom stereocenters. The molecule has 1 aromatic rings. The third kappa shape index (κ3) is 3.32. The number of nitrogens with one attached hydrogen (secondary N) is 2. The van der Waals surface area contributed by atoms with Crippen molar-refractivity contribution in [2.45, 2.75) is 59.0 Å². The van der Waals surface area contributed by atoms with Crippen molar-refractivity contribution in [3.05, 3.63) is 17.7 Å². The lowest BCUT2D eigenvalue weighted by atomic mass is 9.78. The van der Waals surface area contributed by atoms with Gasteiger partial charge in [-0.1, -0.05) is 26.7 Å². The zero-order chi connectivity index (χ0) is 12.3. The molecule has 0 bridgehead atoms. The van der Waals surface area contributed by atoms with E-state index in [0.717, 1.165) is 24.2 Å². The lowest BCUT2D eigenvalue weighted by Crippen LogP contribution is -2.40. The van der Waals surface area contributed by atoms with Crippen LogP contribution in [0.2, 0.25) is 0 Å². The number of aromatic amines is 1. The van der Waals surface area contributed by atoms with Gasteiger partial charge < -0.3 is 10.3 Å². The average molecular weight is 235 g/mol. The maximum atomic E-state index is 4.24. The molecule has 2 atom stereocenters. The fourth-order valence-corrected chi connectivity index (χ4v) is 3.01. The highest BCUT2D eigenvalue weighted by molar-refractivity contribution is 5.00. The Morgan fingerprint density at radius 2 is 2.18 bits per heavy atom. The SMILES string of the molecule is Cc1ncc(CNC2CCCCC2C(C)C)[nH]1. The maximum absolute atomic E-state index is 4.24. The summed E-state index contributed by atoms with van der Waals surface area (Å²) in [6, 6.07) is 0.687. The largest absolute Gasteiger partial charge is 0.345 e. The van der Waals surface area contributed by atoms with E-state index in [1.807, 2.05) is 13.1 Å². The van der Waals surface area contributed by atoms with Crippen molar-refractivity contribution in [3.8, 4) is 0 Å². The summed E-state index contributed by atoms with van der Waals surface area (Å²) in [6.07, 6.45) is 7.44. The van der Waals surface area contributed by atoms with E-state index in [1.165, 1.54) is 31.4 Å². The van der Waals surface area contributed by atoms with Crippen LogP contribution in [0, 0.1) is 18.8 Å². The maximum Gasteiger partial charge on any atom is 0.103 e. The quantitative estimate of drug-likeness (QED) is 0.842. The molecule has 1 aromatic heterocycles. The Kier molecular flexibility index (Phi) is 4.21. The highest BCUT2D eigenvalue weighted by Gasteiger charge is 2.26. The van der Waals surface area contributed by atoms with Gasteiger partial charge in [0.05, 0.1) is 0 Å². The molecule has 0 spiro atoms. The van der Waals surface area contributed by atoms with Crippen LogP contribution >= 0.6 is 0 Å². The van der Waals surface area contributed by atoms with Gasteiger partial charge in [0.1, 0.15) is 5.82 Å². The van der Waals surface area contributed by atoms with Crippen molar-refractivity contribution >= 4 is 0 Å². The minimum Gasteiger partial charge on any atom is -0.345 e. The number of aromatic nitrogens is 2. The molecule has 1 fully saturated rings. The first-order chi connectivity index (χ1) is 8.16. The standard InChI is InChI=1S/C14H25N3/c1-10(2)13-6-4-5-7-14(13)16-9-12-8-15-11(3)17-12/h8,10,13-14,16H,4-7,9H2,1-3H3,(H,15,17). The van der Waals surface area contributed by atoms with Crippen LogP contribution in [0.15, 0.2) is 6.20 Å². The Balaban J connectivity index is 1.88. The van der Waals surface area contributed by atoms with Crippen LogP contribution in [-0.2, 0) is 6.54 Å². The Bertz CT molecular complexity index is 343. The van der Waals surface area contributed by atoms with Gasteiger partial charge in [0.2, 0.25) is 0 Å². The molecule has 0 saturated heterocycles. The summed E-state index contributed by atoms with van der Waals surface area (Å²) in [5.74, 6) is 2.63.